The van der Waals surface area contributed by atoms with E-state index in [0.717, 1.165) is 0 Å². The zero-order valence-corrected chi connectivity index (χ0v) is 18.4. The largest absolute Gasteiger partial charge is 0.422 e. The molecule has 3 aromatic rings. The van der Waals surface area contributed by atoms with Gasteiger partial charge in [0.15, 0.2) is 0 Å². The van der Waals surface area contributed by atoms with Crippen LogP contribution in [-0.4, -0.2) is 12.2 Å². The van der Waals surface area contributed by atoms with Crippen molar-refractivity contribution in [3.63, 3.8) is 0 Å². The van der Waals surface area contributed by atoms with E-state index in [1.165, 1.54) is 60.0 Å². The van der Waals surface area contributed by atoms with E-state index in [1.54, 1.807) is 0 Å². The number of hydrogen-bond acceptors (Lipinski definition) is 2. The normalized spacial score (nSPS) is 10.1. The van der Waals surface area contributed by atoms with Crippen LogP contribution in [0.4, 0.5) is 0 Å². The first-order valence-electron chi connectivity index (χ1n) is 10.3. The fourth-order valence-electron chi connectivity index (χ4n) is 3.68. The summed E-state index contributed by atoms with van der Waals surface area (Å²) in [5, 5.41) is 19.4. The highest BCUT2D eigenvalue weighted by Crippen LogP contribution is 2.55. The second-order valence-corrected chi connectivity index (χ2v) is 10.5. The Morgan fingerprint density at radius 1 is 0.733 bits per heavy atom. The first-order chi connectivity index (χ1) is 14.8. The molecule has 0 aliphatic carbocycles. The molecule has 0 aromatic heterocycles. The Labute approximate surface area is 181 Å². The van der Waals surface area contributed by atoms with Crippen LogP contribution >= 0.6 is 7.26 Å². The van der Waals surface area contributed by atoms with Crippen molar-refractivity contribution in [2.24, 2.45) is 4.99 Å². The van der Waals surface area contributed by atoms with Crippen LogP contribution in [0.2, 0.25) is 0 Å². The first-order valence-corrected chi connectivity index (χ1v) is 12.3. The molecule has 152 valence electrons. The van der Waals surface area contributed by atoms with Crippen molar-refractivity contribution in [2.75, 3.05) is 6.16 Å². The van der Waals surface area contributed by atoms with Gasteiger partial charge in [0.1, 0.15) is 23.2 Å². The third-order valence-corrected chi connectivity index (χ3v) is 9.56. The van der Waals surface area contributed by atoms with E-state index in [0.29, 0.717) is 0 Å². The second kappa shape index (κ2) is 13.2. The molecule has 0 spiro atoms. The van der Waals surface area contributed by atoms with Gasteiger partial charge in [-0.15, -0.1) is 6.01 Å². The molecule has 0 radical (unpaired) electrons. The van der Waals surface area contributed by atoms with Crippen molar-refractivity contribution in [2.45, 2.75) is 32.6 Å². The highest BCUT2D eigenvalue weighted by atomic mass is 31.2. The van der Waals surface area contributed by atoms with Gasteiger partial charge in [0, 0.05) is 0 Å². The highest BCUT2D eigenvalue weighted by molar-refractivity contribution is 7.95. The van der Waals surface area contributed by atoms with Gasteiger partial charge in [-0.1, -0.05) is 74.4 Å². The number of aliphatic imine (C=N–C) groups is 1. The van der Waals surface area contributed by atoms with Gasteiger partial charge < -0.3 is 10.4 Å². The van der Waals surface area contributed by atoms with Crippen LogP contribution in [0.5, 0.6) is 0 Å². The highest BCUT2D eigenvalue weighted by Gasteiger charge is 2.44. The Hall–Kier alpha value is -3.04. The van der Waals surface area contributed by atoms with Crippen LogP contribution < -0.4 is 15.9 Å². The van der Waals surface area contributed by atoms with E-state index < -0.39 is 7.26 Å². The molecule has 30 heavy (non-hydrogen) atoms. The number of rotatable bonds is 8. The number of benzene rings is 3. The topological polar surface area (TPSA) is 58.5 Å². The molecule has 0 saturated carbocycles. The molecular formula is C26H28N3P. The molecule has 0 N–H and O–H groups in total. The molecule has 0 saturated heterocycles. The molecule has 0 amide bonds. The zero-order chi connectivity index (χ0) is 21.5. The van der Waals surface area contributed by atoms with E-state index >= 15 is 0 Å². The Morgan fingerprint density at radius 3 is 1.47 bits per heavy atom. The van der Waals surface area contributed by atoms with E-state index in [2.05, 4.69) is 103 Å². The standard InChI is InChI=1S/C24H28P.C2N3/c1-2-3-4-14-21-25(22-15-8-5-9-16-22,23-17-10-6-11-18-23)24-19-12-7-13-20-24;3-1-5-2-4/h5-13,15-20H,2-4,14,21H2,1H3;/q+1;-1. The smallest absolute Gasteiger partial charge is 0.112 e. The van der Waals surface area contributed by atoms with Crippen molar-refractivity contribution >= 4 is 29.2 Å². The van der Waals surface area contributed by atoms with Gasteiger partial charge >= 0.3 is 0 Å². The summed E-state index contributed by atoms with van der Waals surface area (Å²) in [4.78, 5) is 2.58. The first kappa shape index (κ1) is 23.2. The predicted octanol–water partition coefficient (Wildman–Crippen LogP) is 5.77. The molecule has 3 nitrogen and oxygen atoms in total. The quantitative estimate of drug-likeness (QED) is 0.200. The van der Waals surface area contributed by atoms with E-state index in [4.69, 9.17) is 10.7 Å². The molecule has 0 heterocycles. The maximum Gasteiger partial charge on any atom is 0.112 e. The molecule has 0 unspecified atom stereocenters. The minimum atomic E-state index is -1.59. The second-order valence-electron chi connectivity index (χ2n) is 6.91. The Morgan fingerprint density at radius 2 is 1.17 bits per heavy atom. The minimum Gasteiger partial charge on any atom is -0.422 e. The van der Waals surface area contributed by atoms with Crippen LogP contribution in [0.25, 0.3) is 5.41 Å². The van der Waals surface area contributed by atoms with Gasteiger partial charge in [-0.2, -0.15) is 5.26 Å². The maximum absolute atomic E-state index is 7.43. The number of hydrogen-bond donors (Lipinski definition) is 0. The molecule has 4 heteroatoms. The molecule has 0 fully saturated rings. The lowest BCUT2D eigenvalue weighted by atomic mass is 10.2. The minimum absolute atomic E-state index is 1.25. The van der Waals surface area contributed by atoms with Crippen LogP contribution in [0, 0.1) is 11.5 Å². The summed E-state index contributed by atoms with van der Waals surface area (Å²) in [7, 11) is -1.59. The number of nitrogens with zero attached hydrogens (tertiary/aromatic N) is 3. The van der Waals surface area contributed by atoms with E-state index in [9.17, 15) is 0 Å². The van der Waals surface area contributed by atoms with Crippen LogP contribution in [-0.2, 0) is 0 Å². The van der Waals surface area contributed by atoms with Crippen LogP contribution in [0.3, 0.4) is 0 Å². The Bertz CT molecular complexity index is 847. The number of nitriles is 1. The summed E-state index contributed by atoms with van der Waals surface area (Å²) in [6, 6.07) is 34.9. The third kappa shape index (κ3) is 6.23. The Kier molecular flexibility index (Phi) is 10.3. The van der Waals surface area contributed by atoms with Gasteiger partial charge in [0.05, 0.1) is 12.4 Å². The van der Waals surface area contributed by atoms with Crippen molar-refractivity contribution in [1.82, 2.24) is 0 Å². The van der Waals surface area contributed by atoms with Crippen molar-refractivity contribution in [3.05, 3.63) is 96.4 Å². The fourth-order valence-corrected chi connectivity index (χ4v) is 8.09. The van der Waals surface area contributed by atoms with E-state index in [-0.39, 0.29) is 0 Å². The average Bonchev–Trinajstić information content (AvgIpc) is 2.82. The maximum atomic E-state index is 7.43. The molecule has 0 bridgehead atoms. The van der Waals surface area contributed by atoms with E-state index in [1.807, 2.05) is 0 Å². The van der Waals surface area contributed by atoms with Crippen molar-refractivity contribution < 1.29 is 0 Å². The van der Waals surface area contributed by atoms with Crippen molar-refractivity contribution in [1.29, 1.82) is 5.26 Å². The fraction of sp³-hybridized carbons (Fsp3) is 0.231. The lowest BCUT2D eigenvalue weighted by Gasteiger charge is -2.27. The summed E-state index contributed by atoms with van der Waals surface area (Å²) in [5.74, 6) is 0. The SMILES string of the molecule is CCCCCC[P+](c1ccccc1)(c1ccccc1)c1ccccc1.N#CN=C=[N-]. The Balaban J connectivity index is 0.000000575. The molecular weight excluding hydrogens is 385 g/mol. The lowest BCUT2D eigenvalue weighted by Crippen LogP contribution is -2.33. The summed E-state index contributed by atoms with van der Waals surface area (Å²) in [6.07, 6.45) is 7.77. The summed E-state index contributed by atoms with van der Waals surface area (Å²) in [5.41, 5.74) is 0. The van der Waals surface area contributed by atoms with Crippen LogP contribution in [0.15, 0.2) is 96.0 Å². The lowest BCUT2D eigenvalue weighted by molar-refractivity contribution is 0.705. The predicted molar refractivity (Wildman–Crippen MR) is 131 cm³/mol. The molecule has 0 aliphatic rings. The molecule has 0 atom stereocenters. The third-order valence-electron chi connectivity index (χ3n) is 5.04. The molecule has 3 aromatic carbocycles. The van der Waals surface area contributed by atoms with Gasteiger partial charge in [-0.05, 0) is 49.2 Å². The summed E-state index contributed by atoms with van der Waals surface area (Å²) in [6.45, 7) is 2.29. The van der Waals surface area contributed by atoms with Crippen LogP contribution in [0.1, 0.15) is 32.6 Å². The summed E-state index contributed by atoms with van der Waals surface area (Å²) >= 11 is 0. The van der Waals surface area contributed by atoms with Gasteiger partial charge in [-0.3, -0.25) is 0 Å². The molecule has 3 rings (SSSR count). The molecule has 0 aliphatic heterocycles. The van der Waals surface area contributed by atoms with Crippen molar-refractivity contribution in [3.8, 4) is 6.19 Å². The zero-order valence-electron chi connectivity index (χ0n) is 17.5. The monoisotopic (exact) mass is 413 g/mol. The summed E-state index contributed by atoms with van der Waals surface area (Å²) < 4.78 is 0. The van der Waals surface area contributed by atoms with Gasteiger partial charge in [-0.25, -0.2) is 0 Å². The number of unbranched alkanes of at least 4 members (excludes halogenated alkanes) is 3. The van der Waals surface area contributed by atoms with Gasteiger partial charge in [0.2, 0.25) is 0 Å². The van der Waals surface area contributed by atoms with Gasteiger partial charge in [0.25, 0.3) is 0 Å². The average molecular weight is 414 g/mol.